The van der Waals surface area contributed by atoms with Crippen LogP contribution in [0.5, 0.6) is 0 Å². The number of likely N-dealkylation sites (tertiary alicyclic amines) is 1. The minimum atomic E-state index is -0.123. The molecule has 1 saturated heterocycles. The number of benzene rings is 1. The zero-order chi connectivity index (χ0) is 15.5. The fourth-order valence-corrected chi connectivity index (χ4v) is 2.86. The first-order valence-corrected chi connectivity index (χ1v) is 7.59. The Hall–Kier alpha value is -2.14. The Labute approximate surface area is 129 Å². The van der Waals surface area contributed by atoms with Gasteiger partial charge in [0.15, 0.2) is 17.8 Å². The summed E-state index contributed by atoms with van der Waals surface area (Å²) in [7, 11) is 0. The first-order chi connectivity index (χ1) is 10.7. The molecule has 2 heterocycles. The summed E-state index contributed by atoms with van der Waals surface area (Å²) < 4.78 is 5.45. The van der Waals surface area contributed by atoms with Crippen LogP contribution in [0.15, 0.2) is 35.1 Å². The second-order valence-corrected chi connectivity index (χ2v) is 5.84. The number of nitrogens with zero attached hydrogens (tertiary/aromatic N) is 2. The smallest absolute Gasteiger partial charge is 0.276 e. The van der Waals surface area contributed by atoms with E-state index in [-0.39, 0.29) is 18.4 Å². The average molecular weight is 300 g/mol. The number of aryl methyl sites for hydroxylation is 1. The van der Waals surface area contributed by atoms with Crippen molar-refractivity contribution in [3.63, 3.8) is 0 Å². The van der Waals surface area contributed by atoms with Crippen molar-refractivity contribution in [3.8, 4) is 11.3 Å². The fourth-order valence-electron chi connectivity index (χ4n) is 2.86. The van der Waals surface area contributed by atoms with Crippen molar-refractivity contribution in [3.05, 3.63) is 41.9 Å². The number of rotatable bonds is 3. The van der Waals surface area contributed by atoms with Gasteiger partial charge in [0.05, 0.1) is 0 Å². The van der Waals surface area contributed by atoms with Crippen LogP contribution >= 0.6 is 0 Å². The number of piperidine rings is 1. The molecule has 116 valence electrons. The predicted octanol–water partition coefficient (Wildman–Crippen LogP) is 2.49. The Morgan fingerprint density at radius 1 is 1.41 bits per heavy atom. The molecule has 1 aromatic heterocycles. The van der Waals surface area contributed by atoms with E-state index in [1.807, 2.05) is 31.2 Å². The highest BCUT2D eigenvalue weighted by Crippen LogP contribution is 2.26. The molecule has 0 bridgehead atoms. The summed E-state index contributed by atoms with van der Waals surface area (Å²) in [5.74, 6) is 0.547. The molecule has 1 atom stereocenters. The third kappa shape index (κ3) is 2.90. The molecule has 0 saturated carbocycles. The second kappa shape index (κ2) is 6.32. The van der Waals surface area contributed by atoms with Crippen molar-refractivity contribution in [2.24, 2.45) is 5.92 Å². The van der Waals surface area contributed by atoms with Crippen molar-refractivity contribution < 1.29 is 14.3 Å². The van der Waals surface area contributed by atoms with Gasteiger partial charge < -0.3 is 14.4 Å². The number of aliphatic hydroxyl groups is 1. The number of aliphatic hydroxyl groups excluding tert-OH is 1. The largest absolute Gasteiger partial charge is 0.443 e. The Morgan fingerprint density at radius 3 is 2.91 bits per heavy atom. The van der Waals surface area contributed by atoms with Gasteiger partial charge in [0, 0.05) is 25.3 Å². The molecule has 3 rings (SSSR count). The molecule has 5 nitrogen and oxygen atoms in total. The zero-order valence-corrected chi connectivity index (χ0v) is 12.7. The van der Waals surface area contributed by atoms with Crippen molar-refractivity contribution in [1.82, 2.24) is 9.88 Å². The van der Waals surface area contributed by atoms with Crippen LogP contribution in [0.3, 0.4) is 0 Å². The topological polar surface area (TPSA) is 66.6 Å². The summed E-state index contributed by atoms with van der Waals surface area (Å²) in [4.78, 5) is 18.6. The first kappa shape index (κ1) is 14.8. The molecular weight excluding hydrogens is 280 g/mol. The van der Waals surface area contributed by atoms with E-state index < -0.39 is 0 Å². The van der Waals surface area contributed by atoms with Crippen LogP contribution < -0.4 is 0 Å². The van der Waals surface area contributed by atoms with Gasteiger partial charge in [-0.05, 0) is 25.7 Å². The highest BCUT2D eigenvalue weighted by atomic mass is 16.3. The minimum Gasteiger partial charge on any atom is -0.443 e. The number of aromatic nitrogens is 1. The number of hydrogen-bond donors (Lipinski definition) is 1. The summed E-state index contributed by atoms with van der Waals surface area (Å²) in [5, 5.41) is 9.31. The van der Waals surface area contributed by atoms with E-state index in [1.54, 1.807) is 4.90 Å². The molecular formula is C17H20N2O3. The van der Waals surface area contributed by atoms with Crippen LogP contribution in [-0.4, -0.2) is 40.6 Å². The Kier molecular flexibility index (Phi) is 4.24. The van der Waals surface area contributed by atoms with E-state index in [2.05, 4.69) is 4.98 Å². The molecule has 1 aliphatic heterocycles. The maximum atomic E-state index is 12.7. The quantitative estimate of drug-likeness (QED) is 0.945. The number of amides is 1. The van der Waals surface area contributed by atoms with Gasteiger partial charge in [0.2, 0.25) is 0 Å². The molecule has 1 aromatic carbocycles. The summed E-state index contributed by atoms with van der Waals surface area (Å²) in [6.45, 7) is 3.41. The predicted molar refractivity (Wildman–Crippen MR) is 82.4 cm³/mol. The summed E-state index contributed by atoms with van der Waals surface area (Å²) in [6, 6.07) is 7.82. The molecule has 0 radical (unpaired) electrons. The van der Waals surface area contributed by atoms with Crippen LogP contribution in [0.4, 0.5) is 0 Å². The van der Waals surface area contributed by atoms with Crippen molar-refractivity contribution in [2.45, 2.75) is 19.8 Å². The molecule has 1 N–H and O–H groups in total. The van der Waals surface area contributed by atoms with Crippen molar-refractivity contribution in [1.29, 1.82) is 0 Å². The highest BCUT2D eigenvalue weighted by molar-refractivity contribution is 5.97. The van der Waals surface area contributed by atoms with E-state index in [4.69, 9.17) is 4.42 Å². The Balaban J connectivity index is 1.85. The highest BCUT2D eigenvalue weighted by Gasteiger charge is 2.28. The van der Waals surface area contributed by atoms with Gasteiger partial charge >= 0.3 is 0 Å². The van der Waals surface area contributed by atoms with Gasteiger partial charge in [-0.25, -0.2) is 4.98 Å². The van der Waals surface area contributed by atoms with Crippen LogP contribution in [-0.2, 0) is 0 Å². The Bertz CT molecular complexity index is 648. The van der Waals surface area contributed by atoms with Crippen LogP contribution in [0, 0.1) is 12.8 Å². The zero-order valence-electron chi connectivity index (χ0n) is 12.7. The molecule has 2 aromatic rings. The second-order valence-electron chi connectivity index (χ2n) is 5.84. The maximum absolute atomic E-state index is 12.7. The van der Waals surface area contributed by atoms with E-state index in [0.717, 1.165) is 24.0 Å². The molecule has 1 unspecified atom stereocenters. The lowest BCUT2D eigenvalue weighted by Gasteiger charge is -2.31. The van der Waals surface area contributed by atoms with Crippen LogP contribution in [0.25, 0.3) is 11.3 Å². The van der Waals surface area contributed by atoms with Gasteiger partial charge in [0.25, 0.3) is 5.91 Å². The SMILES string of the molecule is Cc1ccc(-c2ocnc2C(=O)N2CCCC(CO)C2)cc1. The van der Waals surface area contributed by atoms with Crippen LogP contribution in [0.2, 0.25) is 0 Å². The number of oxazole rings is 1. The lowest BCUT2D eigenvalue weighted by molar-refractivity contribution is 0.0616. The molecule has 22 heavy (non-hydrogen) atoms. The normalized spacial score (nSPS) is 18.5. The third-order valence-corrected chi connectivity index (χ3v) is 4.15. The van der Waals surface area contributed by atoms with E-state index in [1.165, 1.54) is 6.39 Å². The molecule has 5 heteroatoms. The number of carbonyl (C=O) groups is 1. The standard InChI is InChI=1S/C17H20N2O3/c1-12-4-6-14(7-5-12)16-15(18-11-22-16)17(21)19-8-2-3-13(9-19)10-20/h4-7,11,13,20H,2-3,8-10H2,1H3. The van der Waals surface area contributed by atoms with Gasteiger partial charge in [-0.2, -0.15) is 0 Å². The molecule has 1 fully saturated rings. The van der Waals surface area contributed by atoms with E-state index in [0.29, 0.717) is 24.5 Å². The lowest BCUT2D eigenvalue weighted by Crippen LogP contribution is -2.41. The first-order valence-electron chi connectivity index (χ1n) is 7.59. The molecule has 1 aliphatic rings. The van der Waals surface area contributed by atoms with Crippen LogP contribution in [0.1, 0.15) is 28.9 Å². The van der Waals surface area contributed by atoms with Gasteiger partial charge in [0.1, 0.15) is 0 Å². The van der Waals surface area contributed by atoms with E-state index >= 15 is 0 Å². The maximum Gasteiger partial charge on any atom is 0.276 e. The number of carbonyl (C=O) groups excluding carboxylic acids is 1. The summed E-state index contributed by atoms with van der Waals surface area (Å²) in [5.41, 5.74) is 2.35. The third-order valence-electron chi connectivity index (χ3n) is 4.15. The molecule has 0 aliphatic carbocycles. The van der Waals surface area contributed by atoms with Gasteiger partial charge in [-0.3, -0.25) is 4.79 Å². The van der Waals surface area contributed by atoms with Gasteiger partial charge in [-0.1, -0.05) is 29.8 Å². The minimum absolute atomic E-state index is 0.118. The average Bonchev–Trinajstić information content (AvgIpc) is 3.04. The van der Waals surface area contributed by atoms with Crippen molar-refractivity contribution in [2.75, 3.05) is 19.7 Å². The fraction of sp³-hybridized carbons (Fsp3) is 0.412. The lowest BCUT2D eigenvalue weighted by atomic mass is 9.98. The number of hydrogen-bond acceptors (Lipinski definition) is 4. The molecule has 0 spiro atoms. The Morgan fingerprint density at radius 2 is 2.18 bits per heavy atom. The monoisotopic (exact) mass is 300 g/mol. The summed E-state index contributed by atoms with van der Waals surface area (Å²) >= 11 is 0. The van der Waals surface area contributed by atoms with E-state index in [9.17, 15) is 9.90 Å². The van der Waals surface area contributed by atoms with Gasteiger partial charge in [-0.15, -0.1) is 0 Å². The van der Waals surface area contributed by atoms with Crippen molar-refractivity contribution >= 4 is 5.91 Å². The molecule has 1 amide bonds. The summed E-state index contributed by atoms with van der Waals surface area (Å²) in [6.07, 6.45) is 3.19.